The lowest BCUT2D eigenvalue weighted by Gasteiger charge is -2.20. The molecule has 5 nitrogen and oxygen atoms in total. The number of aromatic nitrogens is 1. The van der Waals surface area contributed by atoms with Crippen LogP contribution >= 0.6 is 0 Å². The van der Waals surface area contributed by atoms with Crippen molar-refractivity contribution < 1.29 is 9.53 Å². The van der Waals surface area contributed by atoms with E-state index in [1.165, 1.54) is 0 Å². The fourth-order valence-electron chi connectivity index (χ4n) is 1.89. The first kappa shape index (κ1) is 17.4. The lowest BCUT2D eigenvalue weighted by Crippen LogP contribution is -2.30. The highest BCUT2D eigenvalue weighted by Gasteiger charge is 2.19. The number of rotatable bonds is 6. The van der Waals surface area contributed by atoms with Gasteiger partial charge in [0, 0.05) is 37.4 Å². The van der Waals surface area contributed by atoms with Crippen molar-refractivity contribution in [2.75, 3.05) is 32.6 Å². The van der Waals surface area contributed by atoms with Crippen molar-refractivity contribution in [2.24, 2.45) is 5.92 Å². The van der Waals surface area contributed by atoms with Crippen LogP contribution in [0.1, 0.15) is 43.7 Å². The van der Waals surface area contributed by atoms with Crippen molar-refractivity contribution >= 4 is 11.7 Å². The molecule has 5 heteroatoms. The number of amides is 1. The van der Waals surface area contributed by atoms with Crippen LogP contribution in [0.25, 0.3) is 0 Å². The number of hydrogen-bond donors (Lipinski definition) is 2. The van der Waals surface area contributed by atoms with Crippen LogP contribution < -0.4 is 10.6 Å². The highest BCUT2D eigenvalue weighted by Crippen LogP contribution is 2.23. The highest BCUT2D eigenvalue weighted by atomic mass is 16.5. The molecule has 0 aliphatic heterocycles. The molecule has 0 aliphatic carbocycles. The maximum Gasteiger partial charge on any atom is 0.251 e. The van der Waals surface area contributed by atoms with Crippen LogP contribution in [0.15, 0.2) is 12.1 Å². The molecule has 2 N–H and O–H groups in total. The molecule has 0 radical (unpaired) electrons. The summed E-state index contributed by atoms with van der Waals surface area (Å²) in [6, 6.07) is 3.63. The minimum absolute atomic E-state index is 0.0812. The molecule has 0 fully saturated rings. The van der Waals surface area contributed by atoms with Gasteiger partial charge >= 0.3 is 0 Å². The normalized spacial score (nSPS) is 12.9. The van der Waals surface area contributed by atoms with Crippen molar-refractivity contribution in [2.45, 2.75) is 33.1 Å². The Kier molecular flexibility index (Phi) is 6.15. The van der Waals surface area contributed by atoms with Crippen LogP contribution in [0, 0.1) is 5.92 Å². The number of carbonyl (C=O) groups is 1. The molecule has 21 heavy (non-hydrogen) atoms. The third-order valence-corrected chi connectivity index (χ3v) is 3.17. The van der Waals surface area contributed by atoms with Crippen molar-refractivity contribution in [1.29, 1.82) is 0 Å². The minimum atomic E-state index is -0.106. The molecule has 1 atom stereocenters. The van der Waals surface area contributed by atoms with E-state index in [0.29, 0.717) is 24.5 Å². The van der Waals surface area contributed by atoms with Gasteiger partial charge in [0.15, 0.2) is 0 Å². The summed E-state index contributed by atoms with van der Waals surface area (Å²) in [5.41, 5.74) is 1.42. The van der Waals surface area contributed by atoms with Crippen LogP contribution in [0.3, 0.4) is 0 Å². The zero-order valence-electron chi connectivity index (χ0n) is 13.9. The number of hydrogen-bond acceptors (Lipinski definition) is 4. The summed E-state index contributed by atoms with van der Waals surface area (Å²) < 4.78 is 5.07. The predicted molar refractivity (Wildman–Crippen MR) is 85.9 cm³/mol. The summed E-state index contributed by atoms with van der Waals surface area (Å²) in [6.07, 6.45) is 0. The monoisotopic (exact) mass is 293 g/mol. The number of pyridine rings is 1. The molecule has 1 heterocycles. The average Bonchev–Trinajstić information content (AvgIpc) is 2.43. The molecule has 0 aromatic carbocycles. The van der Waals surface area contributed by atoms with E-state index in [0.717, 1.165) is 5.69 Å². The van der Waals surface area contributed by atoms with Crippen molar-refractivity contribution in [3.05, 3.63) is 23.4 Å². The van der Waals surface area contributed by atoms with Gasteiger partial charge in [-0.25, -0.2) is 4.98 Å². The molecule has 0 saturated carbocycles. The van der Waals surface area contributed by atoms with Gasteiger partial charge in [-0.2, -0.15) is 0 Å². The van der Waals surface area contributed by atoms with E-state index in [9.17, 15) is 4.79 Å². The van der Waals surface area contributed by atoms with E-state index in [-0.39, 0.29) is 17.2 Å². The number of carbonyl (C=O) groups excluding carboxylic acids is 1. The summed E-state index contributed by atoms with van der Waals surface area (Å²) in [4.78, 5) is 16.8. The van der Waals surface area contributed by atoms with Gasteiger partial charge in [-0.3, -0.25) is 4.79 Å². The van der Waals surface area contributed by atoms with Crippen LogP contribution in [-0.4, -0.2) is 38.2 Å². The fourth-order valence-corrected chi connectivity index (χ4v) is 1.89. The third-order valence-electron chi connectivity index (χ3n) is 3.17. The number of anilines is 1. The summed E-state index contributed by atoms with van der Waals surface area (Å²) >= 11 is 0. The molecule has 1 rings (SSSR count). The van der Waals surface area contributed by atoms with Crippen LogP contribution in [0.5, 0.6) is 0 Å². The second kappa shape index (κ2) is 7.41. The Labute approximate surface area is 127 Å². The number of nitrogens with one attached hydrogen (secondary N) is 2. The van der Waals surface area contributed by atoms with Gasteiger partial charge < -0.3 is 15.4 Å². The molecule has 0 spiro atoms. The highest BCUT2D eigenvalue weighted by molar-refractivity contribution is 5.95. The molecule has 1 amide bonds. The minimum Gasteiger partial charge on any atom is -0.384 e. The van der Waals surface area contributed by atoms with Crippen LogP contribution in [0.2, 0.25) is 0 Å². The number of nitrogens with zero attached hydrogens (tertiary/aromatic N) is 1. The Balaban J connectivity index is 2.88. The van der Waals surface area contributed by atoms with E-state index in [2.05, 4.69) is 36.4 Å². The molecule has 1 unspecified atom stereocenters. The average molecular weight is 293 g/mol. The predicted octanol–water partition coefficient (Wildman–Crippen LogP) is 2.43. The van der Waals surface area contributed by atoms with Gasteiger partial charge in [0.25, 0.3) is 5.91 Å². The molecule has 1 aromatic heterocycles. The molecular weight excluding hydrogens is 266 g/mol. The van der Waals surface area contributed by atoms with E-state index in [4.69, 9.17) is 4.74 Å². The lowest BCUT2D eigenvalue weighted by atomic mass is 9.90. The second-order valence-electron chi connectivity index (χ2n) is 6.40. The van der Waals surface area contributed by atoms with Gasteiger partial charge in [0.05, 0.1) is 6.61 Å². The van der Waals surface area contributed by atoms with Gasteiger partial charge in [-0.05, 0) is 18.1 Å². The maximum atomic E-state index is 12.3. The topological polar surface area (TPSA) is 63.2 Å². The summed E-state index contributed by atoms with van der Waals surface area (Å²) in [6.45, 7) is 9.50. The number of methoxy groups -OCH3 is 1. The van der Waals surface area contributed by atoms with E-state index < -0.39 is 0 Å². The van der Waals surface area contributed by atoms with Crippen LogP contribution in [-0.2, 0) is 10.2 Å². The van der Waals surface area contributed by atoms with Gasteiger partial charge in [0.1, 0.15) is 5.82 Å². The largest absolute Gasteiger partial charge is 0.384 e. The van der Waals surface area contributed by atoms with Crippen molar-refractivity contribution in [3.63, 3.8) is 0 Å². The van der Waals surface area contributed by atoms with Crippen LogP contribution in [0.4, 0.5) is 5.82 Å². The quantitative estimate of drug-likeness (QED) is 0.845. The van der Waals surface area contributed by atoms with Gasteiger partial charge in [-0.15, -0.1) is 0 Å². The van der Waals surface area contributed by atoms with Gasteiger partial charge in [0.2, 0.25) is 0 Å². The molecule has 0 bridgehead atoms. The first-order valence-electron chi connectivity index (χ1n) is 7.25. The maximum absolute atomic E-state index is 12.3. The van der Waals surface area contributed by atoms with Gasteiger partial charge in [-0.1, -0.05) is 27.7 Å². The Hall–Kier alpha value is -1.62. The van der Waals surface area contributed by atoms with Crippen molar-refractivity contribution in [1.82, 2.24) is 10.3 Å². The molecular formula is C16H27N3O2. The molecule has 1 aromatic rings. The molecule has 0 aliphatic rings. The first-order valence-corrected chi connectivity index (χ1v) is 7.25. The molecule has 0 saturated heterocycles. The summed E-state index contributed by atoms with van der Waals surface area (Å²) in [5.74, 6) is 0.909. The smallest absolute Gasteiger partial charge is 0.251 e. The molecule has 118 valence electrons. The summed E-state index contributed by atoms with van der Waals surface area (Å²) in [5, 5.41) is 5.95. The van der Waals surface area contributed by atoms with E-state index >= 15 is 0 Å². The number of ether oxygens (including phenoxy) is 1. The van der Waals surface area contributed by atoms with E-state index in [1.54, 1.807) is 20.2 Å². The SMILES string of the molecule is CNc1cc(C(=O)NCC(C)COC)cc(C(C)(C)C)n1. The second-order valence-corrected chi connectivity index (χ2v) is 6.40. The van der Waals surface area contributed by atoms with E-state index in [1.807, 2.05) is 13.0 Å². The fraction of sp³-hybridized carbons (Fsp3) is 0.625. The lowest BCUT2D eigenvalue weighted by molar-refractivity contribution is 0.0934. The first-order chi connectivity index (χ1) is 9.77. The van der Waals surface area contributed by atoms with Crippen molar-refractivity contribution in [3.8, 4) is 0 Å². The Morgan fingerprint density at radius 2 is 2.05 bits per heavy atom. The standard InChI is InChI=1S/C16H27N3O2/c1-11(10-21-6)9-18-15(20)12-7-13(16(2,3)4)19-14(8-12)17-5/h7-8,11H,9-10H2,1-6H3,(H,17,19)(H,18,20). The summed E-state index contributed by atoms with van der Waals surface area (Å²) in [7, 11) is 3.47. The third kappa shape index (κ3) is 5.34. The Morgan fingerprint density at radius 1 is 1.38 bits per heavy atom. The zero-order chi connectivity index (χ0) is 16.0. The Bertz CT molecular complexity index is 481. The zero-order valence-corrected chi connectivity index (χ0v) is 13.9. The Morgan fingerprint density at radius 3 is 2.57 bits per heavy atom.